The highest BCUT2D eigenvalue weighted by atomic mass is 19.4. The maximum Gasteiger partial charge on any atom is 0.400 e. The molecule has 1 aliphatic rings. The van der Waals surface area contributed by atoms with Crippen LogP contribution in [0, 0.1) is 5.92 Å². The summed E-state index contributed by atoms with van der Waals surface area (Å²) in [5.41, 5.74) is 6.93. The van der Waals surface area contributed by atoms with Crippen LogP contribution in [-0.2, 0) is 4.79 Å². The first-order chi connectivity index (χ1) is 9.30. The van der Waals surface area contributed by atoms with Crippen LogP contribution in [0.2, 0.25) is 0 Å². The van der Waals surface area contributed by atoms with Gasteiger partial charge in [-0.2, -0.15) is 13.2 Å². The van der Waals surface area contributed by atoms with Gasteiger partial charge in [0, 0.05) is 25.0 Å². The molecule has 0 aromatic heterocycles. The maximum atomic E-state index is 12.6. The standard InChI is InChI=1S/C14H17F3N2O/c1-9(14(15,16)17)13(20)19-7-11(12(18)8-19)10-5-3-2-4-6-10/h2-6,9,11-12H,7-8,18H2,1H3/t9?,11-,12+/m0/s1. The van der Waals surface area contributed by atoms with E-state index in [1.54, 1.807) is 0 Å². The van der Waals surface area contributed by atoms with Crippen molar-refractivity contribution in [3.05, 3.63) is 35.9 Å². The molecule has 0 saturated carbocycles. The summed E-state index contributed by atoms with van der Waals surface area (Å²) < 4.78 is 37.8. The smallest absolute Gasteiger partial charge is 0.340 e. The number of rotatable bonds is 2. The number of amides is 1. The van der Waals surface area contributed by atoms with Gasteiger partial charge in [-0.05, 0) is 12.5 Å². The number of hydrogen-bond acceptors (Lipinski definition) is 2. The number of likely N-dealkylation sites (tertiary alicyclic amines) is 1. The Morgan fingerprint density at radius 2 is 1.90 bits per heavy atom. The lowest BCUT2D eigenvalue weighted by molar-refractivity contribution is -0.184. The molecule has 0 aliphatic carbocycles. The van der Waals surface area contributed by atoms with E-state index in [1.807, 2.05) is 30.3 Å². The molecule has 1 aliphatic heterocycles. The van der Waals surface area contributed by atoms with Crippen molar-refractivity contribution < 1.29 is 18.0 Å². The summed E-state index contributed by atoms with van der Waals surface area (Å²) in [5.74, 6) is -2.99. The van der Waals surface area contributed by atoms with Gasteiger partial charge >= 0.3 is 6.18 Å². The molecule has 0 radical (unpaired) electrons. The van der Waals surface area contributed by atoms with Crippen molar-refractivity contribution in [2.24, 2.45) is 11.7 Å². The van der Waals surface area contributed by atoms with E-state index in [0.717, 1.165) is 12.5 Å². The van der Waals surface area contributed by atoms with Crippen molar-refractivity contribution >= 4 is 5.91 Å². The van der Waals surface area contributed by atoms with E-state index in [0.29, 0.717) is 0 Å². The van der Waals surface area contributed by atoms with E-state index in [9.17, 15) is 18.0 Å². The fourth-order valence-corrected chi connectivity index (χ4v) is 2.48. The number of nitrogens with two attached hydrogens (primary N) is 1. The Balaban J connectivity index is 2.09. The van der Waals surface area contributed by atoms with Crippen molar-refractivity contribution in [2.45, 2.75) is 25.1 Å². The fraction of sp³-hybridized carbons (Fsp3) is 0.500. The second-order valence-electron chi connectivity index (χ2n) is 5.19. The Labute approximate surface area is 115 Å². The molecule has 1 fully saturated rings. The average molecular weight is 286 g/mol. The number of alkyl halides is 3. The largest absolute Gasteiger partial charge is 0.400 e. The van der Waals surface area contributed by atoms with Crippen molar-refractivity contribution in [3.63, 3.8) is 0 Å². The van der Waals surface area contributed by atoms with E-state index < -0.39 is 18.0 Å². The highest BCUT2D eigenvalue weighted by Gasteiger charge is 2.45. The maximum absolute atomic E-state index is 12.6. The Morgan fingerprint density at radius 3 is 2.45 bits per heavy atom. The summed E-state index contributed by atoms with van der Waals surface area (Å²) in [6, 6.07) is 8.99. The molecule has 2 rings (SSSR count). The lowest BCUT2D eigenvalue weighted by Crippen LogP contribution is -2.40. The van der Waals surface area contributed by atoms with E-state index in [2.05, 4.69) is 0 Å². The predicted molar refractivity (Wildman–Crippen MR) is 69.0 cm³/mol. The van der Waals surface area contributed by atoms with Crippen molar-refractivity contribution in [3.8, 4) is 0 Å². The Morgan fingerprint density at radius 1 is 1.30 bits per heavy atom. The molecule has 2 N–H and O–H groups in total. The zero-order valence-corrected chi connectivity index (χ0v) is 11.1. The van der Waals surface area contributed by atoms with Gasteiger partial charge in [-0.1, -0.05) is 30.3 Å². The summed E-state index contributed by atoms with van der Waals surface area (Å²) >= 11 is 0. The van der Waals surface area contributed by atoms with Gasteiger partial charge in [-0.15, -0.1) is 0 Å². The van der Waals surface area contributed by atoms with Crippen LogP contribution >= 0.6 is 0 Å². The van der Waals surface area contributed by atoms with Gasteiger partial charge in [0.05, 0.1) is 0 Å². The number of carbonyl (C=O) groups is 1. The molecule has 1 aromatic rings. The zero-order valence-electron chi connectivity index (χ0n) is 11.1. The number of nitrogens with zero attached hydrogens (tertiary/aromatic N) is 1. The lowest BCUT2D eigenvalue weighted by Gasteiger charge is -2.22. The van der Waals surface area contributed by atoms with Crippen LogP contribution in [0.3, 0.4) is 0 Å². The zero-order chi connectivity index (χ0) is 14.9. The molecule has 0 bridgehead atoms. The Bertz CT molecular complexity index is 475. The predicted octanol–water partition coefficient (Wildman–Crippen LogP) is 2.14. The Kier molecular flexibility index (Phi) is 4.04. The minimum Gasteiger partial charge on any atom is -0.340 e. The fourth-order valence-electron chi connectivity index (χ4n) is 2.48. The van der Waals surface area contributed by atoms with Gasteiger partial charge in [0.25, 0.3) is 0 Å². The monoisotopic (exact) mass is 286 g/mol. The second-order valence-corrected chi connectivity index (χ2v) is 5.19. The quantitative estimate of drug-likeness (QED) is 0.905. The number of hydrogen-bond donors (Lipinski definition) is 1. The number of carbonyl (C=O) groups excluding carboxylic acids is 1. The first kappa shape index (κ1) is 14.8. The number of halogens is 3. The summed E-state index contributed by atoms with van der Waals surface area (Å²) in [6.07, 6.45) is -4.51. The molecule has 110 valence electrons. The molecule has 6 heteroatoms. The molecule has 0 spiro atoms. The molecule has 1 aromatic carbocycles. The minimum absolute atomic E-state index is 0.111. The molecule has 1 saturated heterocycles. The van der Waals surface area contributed by atoms with Crippen LogP contribution in [0.4, 0.5) is 13.2 Å². The molecular formula is C14H17F3N2O. The van der Waals surface area contributed by atoms with Crippen molar-refractivity contribution in [1.82, 2.24) is 4.90 Å². The summed E-state index contributed by atoms with van der Waals surface area (Å²) in [7, 11) is 0. The third-order valence-electron chi connectivity index (χ3n) is 3.77. The second kappa shape index (κ2) is 5.44. The van der Waals surface area contributed by atoms with Crippen molar-refractivity contribution in [1.29, 1.82) is 0 Å². The Hall–Kier alpha value is -1.56. The van der Waals surface area contributed by atoms with E-state index in [-0.39, 0.29) is 25.0 Å². The summed E-state index contributed by atoms with van der Waals surface area (Å²) in [6.45, 7) is 1.30. The molecule has 20 heavy (non-hydrogen) atoms. The van der Waals surface area contributed by atoms with Crippen LogP contribution in [0.15, 0.2) is 30.3 Å². The molecular weight excluding hydrogens is 269 g/mol. The van der Waals surface area contributed by atoms with Crippen LogP contribution in [0.25, 0.3) is 0 Å². The molecule has 3 nitrogen and oxygen atoms in total. The number of benzene rings is 1. The van der Waals surface area contributed by atoms with Crippen molar-refractivity contribution in [2.75, 3.05) is 13.1 Å². The normalized spacial score (nSPS) is 24.8. The minimum atomic E-state index is -4.51. The van der Waals surface area contributed by atoms with Gasteiger partial charge in [0.15, 0.2) is 0 Å². The average Bonchev–Trinajstić information content (AvgIpc) is 2.79. The van der Waals surface area contributed by atoms with Gasteiger partial charge in [-0.3, -0.25) is 4.79 Å². The van der Waals surface area contributed by atoms with E-state index in [1.165, 1.54) is 4.90 Å². The van der Waals surface area contributed by atoms with Gasteiger partial charge in [-0.25, -0.2) is 0 Å². The highest BCUT2D eigenvalue weighted by molar-refractivity contribution is 5.79. The third kappa shape index (κ3) is 2.95. The first-order valence-corrected chi connectivity index (χ1v) is 6.46. The van der Waals surface area contributed by atoms with Gasteiger partial charge in [0.1, 0.15) is 5.92 Å². The third-order valence-corrected chi connectivity index (χ3v) is 3.77. The molecule has 1 amide bonds. The summed E-state index contributed by atoms with van der Waals surface area (Å²) in [5, 5.41) is 0. The first-order valence-electron chi connectivity index (χ1n) is 6.46. The van der Waals surface area contributed by atoms with Gasteiger partial charge < -0.3 is 10.6 Å². The SMILES string of the molecule is CC(C(=O)N1C[C@@H](N)[C@H](c2ccccc2)C1)C(F)(F)F. The van der Waals surface area contributed by atoms with Crippen LogP contribution in [-0.4, -0.2) is 36.1 Å². The molecule has 1 unspecified atom stereocenters. The lowest BCUT2D eigenvalue weighted by atomic mass is 9.95. The molecule has 1 heterocycles. The highest BCUT2D eigenvalue weighted by Crippen LogP contribution is 2.31. The summed E-state index contributed by atoms with van der Waals surface area (Å²) in [4.78, 5) is 13.1. The van der Waals surface area contributed by atoms with Crippen LogP contribution in [0.5, 0.6) is 0 Å². The topological polar surface area (TPSA) is 46.3 Å². The van der Waals surface area contributed by atoms with E-state index >= 15 is 0 Å². The van der Waals surface area contributed by atoms with Gasteiger partial charge in [0.2, 0.25) is 5.91 Å². The van der Waals surface area contributed by atoms with E-state index in [4.69, 9.17) is 5.73 Å². The van der Waals surface area contributed by atoms with Crippen LogP contribution in [0.1, 0.15) is 18.4 Å². The molecule has 3 atom stereocenters. The van der Waals surface area contributed by atoms with Crippen LogP contribution < -0.4 is 5.73 Å².